The van der Waals surface area contributed by atoms with Crippen molar-refractivity contribution in [2.24, 2.45) is 0 Å². The molecule has 3 aromatic rings. The summed E-state index contributed by atoms with van der Waals surface area (Å²) in [6.07, 6.45) is -1.96. The topological polar surface area (TPSA) is 103 Å². The molecule has 2 aliphatic heterocycles. The lowest BCUT2D eigenvalue weighted by Gasteiger charge is -2.31. The fourth-order valence-corrected chi connectivity index (χ4v) is 3.89. The number of benzene rings is 1. The summed E-state index contributed by atoms with van der Waals surface area (Å²) in [6.45, 7) is 0.816. The molecule has 1 atom stereocenters. The standard InChI is InChI=1S/C22H20N4O5/c1-23-7-8-25(2)22(29)31-19-13-10-17-18-16(9-12-5-3-4-6-15(12)24-18)26(17)20(27)14(13)11-30-21(19)28/h3-6,9-10,19,23H,7-8,11H2,1-2H3. The summed E-state index contributed by atoms with van der Waals surface area (Å²) in [5, 5.41) is 3.87. The van der Waals surface area contributed by atoms with E-state index in [0.29, 0.717) is 41.3 Å². The number of esters is 1. The van der Waals surface area contributed by atoms with Gasteiger partial charge in [-0.2, -0.15) is 0 Å². The summed E-state index contributed by atoms with van der Waals surface area (Å²) in [5.74, 6) is -0.696. The molecule has 2 aliphatic rings. The number of para-hydroxylation sites is 1. The molecule has 158 valence electrons. The minimum absolute atomic E-state index is 0.159. The molecule has 0 radical (unpaired) electrons. The lowest BCUT2D eigenvalue weighted by molar-refractivity contribution is -0.158. The predicted molar refractivity (Wildman–Crippen MR) is 112 cm³/mol. The summed E-state index contributed by atoms with van der Waals surface area (Å²) in [7, 11) is 3.35. The Morgan fingerprint density at radius 1 is 1.32 bits per heavy atom. The van der Waals surface area contributed by atoms with Gasteiger partial charge in [0.1, 0.15) is 12.3 Å². The Hall–Kier alpha value is -3.72. The maximum atomic E-state index is 13.2. The number of carbonyl (C=O) groups excluding carboxylic acids is 2. The van der Waals surface area contributed by atoms with Crippen LogP contribution in [0, 0.1) is 0 Å². The van der Waals surface area contributed by atoms with E-state index in [-0.39, 0.29) is 12.2 Å². The second-order valence-corrected chi connectivity index (χ2v) is 7.55. The number of pyridine rings is 2. The number of amides is 1. The normalized spacial score (nSPS) is 15.9. The van der Waals surface area contributed by atoms with Crippen LogP contribution in [0.15, 0.2) is 41.2 Å². The highest BCUT2D eigenvalue weighted by Crippen LogP contribution is 2.40. The third-order valence-electron chi connectivity index (χ3n) is 5.61. The van der Waals surface area contributed by atoms with E-state index in [0.717, 1.165) is 10.9 Å². The first-order chi connectivity index (χ1) is 15.0. The van der Waals surface area contributed by atoms with Crippen LogP contribution in [0.1, 0.15) is 17.2 Å². The first-order valence-electron chi connectivity index (χ1n) is 9.92. The second kappa shape index (κ2) is 7.21. The summed E-state index contributed by atoms with van der Waals surface area (Å²) in [5.41, 5.74) is 3.14. The van der Waals surface area contributed by atoms with Crippen molar-refractivity contribution in [2.75, 3.05) is 27.2 Å². The number of ether oxygens (including phenoxy) is 2. The Balaban J connectivity index is 1.54. The molecule has 9 nitrogen and oxygen atoms in total. The Kier molecular flexibility index (Phi) is 4.48. The molecule has 1 unspecified atom stereocenters. The Morgan fingerprint density at radius 3 is 2.94 bits per heavy atom. The highest BCUT2D eigenvalue weighted by Gasteiger charge is 2.39. The monoisotopic (exact) mass is 420 g/mol. The summed E-state index contributed by atoms with van der Waals surface area (Å²) >= 11 is 0. The van der Waals surface area contributed by atoms with Gasteiger partial charge in [-0.3, -0.25) is 9.36 Å². The van der Waals surface area contributed by atoms with E-state index in [9.17, 15) is 14.4 Å². The maximum absolute atomic E-state index is 13.2. The minimum atomic E-state index is -1.30. The maximum Gasteiger partial charge on any atom is 0.410 e. The molecule has 0 saturated carbocycles. The first kappa shape index (κ1) is 19.3. The average Bonchev–Trinajstić information content (AvgIpc) is 2.77. The quantitative estimate of drug-likeness (QED) is 0.502. The van der Waals surface area contributed by atoms with Crippen molar-refractivity contribution in [3.63, 3.8) is 0 Å². The van der Waals surface area contributed by atoms with Gasteiger partial charge in [0.2, 0.25) is 6.10 Å². The second-order valence-electron chi connectivity index (χ2n) is 7.55. The summed E-state index contributed by atoms with van der Waals surface area (Å²) in [6, 6.07) is 11.3. The number of cyclic esters (lactones) is 1. The summed E-state index contributed by atoms with van der Waals surface area (Å²) in [4.78, 5) is 44.1. The largest absolute Gasteiger partial charge is 0.458 e. The molecular formula is C22H20N4O5. The van der Waals surface area contributed by atoms with Crippen LogP contribution in [-0.4, -0.2) is 53.7 Å². The molecular weight excluding hydrogens is 400 g/mol. The van der Waals surface area contributed by atoms with E-state index < -0.39 is 18.2 Å². The lowest BCUT2D eigenvalue weighted by Crippen LogP contribution is -2.39. The molecule has 1 amide bonds. The van der Waals surface area contributed by atoms with Crippen LogP contribution < -0.4 is 10.9 Å². The van der Waals surface area contributed by atoms with Crippen LogP contribution in [-0.2, 0) is 20.9 Å². The molecule has 9 heteroatoms. The molecule has 31 heavy (non-hydrogen) atoms. The SMILES string of the molecule is CNCCN(C)C(=O)OC1C(=O)OCc2c1cc1n(c2=O)-c2cc3ccccc3nc2-1. The molecule has 5 rings (SSSR count). The molecule has 0 fully saturated rings. The smallest absolute Gasteiger partial charge is 0.410 e. The molecule has 0 aliphatic carbocycles. The van der Waals surface area contributed by atoms with Crippen LogP contribution in [0.2, 0.25) is 0 Å². The fourth-order valence-electron chi connectivity index (χ4n) is 3.89. The highest BCUT2D eigenvalue weighted by molar-refractivity contribution is 5.91. The molecule has 1 aromatic carbocycles. The van der Waals surface area contributed by atoms with Crippen molar-refractivity contribution < 1.29 is 19.1 Å². The van der Waals surface area contributed by atoms with Crippen molar-refractivity contribution in [1.29, 1.82) is 0 Å². The van der Waals surface area contributed by atoms with Crippen LogP contribution in [0.4, 0.5) is 4.79 Å². The molecule has 0 bridgehead atoms. The third kappa shape index (κ3) is 2.97. The number of hydrogen-bond acceptors (Lipinski definition) is 7. The molecule has 2 aromatic heterocycles. The molecule has 1 N–H and O–H groups in total. The van der Waals surface area contributed by atoms with Gasteiger partial charge in [-0.15, -0.1) is 0 Å². The van der Waals surface area contributed by atoms with E-state index in [4.69, 9.17) is 9.47 Å². The van der Waals surface area contributed by atoms with E-state index in [2.05, 4.69) is 10.3 Å². The minimum Gasteiger partial charge on any atom is -0.458 e. The van der Waals surface area contributed by atoms with E-state index in [1.807, 2.05) is 30.3 Å². The predicted octanol–water partition coefficient (Wildman–Crippen LogP) is 1.75. The van der Waals surface area contributed by atoms with Gasteiger partial charge in [0.25, 0.3) is 5.56 Å². The number of nitrogens with zero attached hydrogens (tertiary/aromatic N) is 3. The zero-order valence-electron chi connectivity index (χ0n) is 17.0. The Labute approximate surface area is 177 Å². The van der Waals surface area contributed by atoms with Crippen molar-refractivity contribution in [2.45, 2.75) is 12.7 Å². The van der Waals surface area contributed by atoms with E-state index >= 15 is 0 Å². The molecule has 4 heterocycles. The summed E-state index contributed by atoms with van der Waals surface area (Å²) < 4.78 is 12.2. The number of likely N-dealkylation sites (N-methyl/N-ethyl adjacent to an activating group) is 2. The average molecular weight is 420 g/mol. The zero-order chi connectivity index (χ0) is 21.7. The van der Waals surface area contributed by atoms with Crippen LogP contribution in [0.5, 0.6) is 0 Å². The van der Waals surface area contributed by atoms with Gasteiger partial charge in [-0.05, 0) is 25.2 Å². The van der Waals surface area contributed by atoms with Crippen molar-refractivity contribution in [3.8, 4) is 17.1 Å². The molecule has 0 saturated heterocycles. The van der Waals surface area contributed by atoms with Gasteiger partial charge in [-0.1, -0.05) is 18.2 Å². The number of hydrogen-bond donors (Lipinski definition) is 1. The lowest BCUT2D eigenvalue weighted by atomic mass is 9.95. The number of aromatic nitrogens is 2. The van der Waals surface area contributed by atoms with Crippen LogP contribution in [0.3, 0.4) is 0 Å². The van der Waals surface area contributed by atoms with E-state index in [1.165, 1.54) is 4.90 Å². The van der Waals surface area contributed by atoms with Gasteiger partial charge in [0.05, 0.1) is 22.5 Å². The Bertz CT molecular complexity index is 1300. The van der Waals surface area contributed by atoms with Gasteiger partial charge in [0, 0.05) is 31.1 Å². The number of carbonyl (C=O) groups is 2. The Morgan fingerprint density at radius 2 is 2.13 bits per heavy atom. The van der Waals surface area contributed by atoms with Gasteiger partial charge in [-0.25, -0.2) is 14.6 Å². The highest BCUT2D eigenvalue weighted by atomic mass is 16.6. The van der Waals surface area contributed by atoms with Crippen molar-refractivity contribution in [3.05, 3.63) is 57.9 Å². The van der Waals surface area contributed by atoms with Crippen molar-refractivity contribution in [1.82, 2.24) is 19.8 Å². The third-order valence-corrected chi connectivity index (χ3v) is 5.61. The van der Waals surface area contributed by atoms with Gasteiger partial charge in [0.15, 0.2) is 0 Å². The number of nitrogens with one attached hydrogen (secondary N) is 1. The zero-order valence-corrected chi connectivity index (χ0v) is 17.0. The van der Waals surface area contributed by atoms with Gasteiger partial charge >= 0.3 is 12.1 Å². The number of rotatable bonds is 4. The van der Waals surface area contributed by atoms with Crippen LogP contribution in [0.25, 0.3) is 28.0 Å². The number of fused-ring (bicyclic) bond motifs is 6. The van der Waals surface area contributed by atoms with E-state index in [1.54, 1.807) is 24.7 Å². The van der Waals surface area contributed by atoms with Crippen molar-refractivity contribution >= 4 is 23.0 Å². The molecule has 0 spiro atoms. The first-order valence-corrected chi connectivity index (χ1v) is 9.92. The van der Waals surface area contributed by atoms with Gasteiger partial charge < -0.3 is 19.7 Å². The van der Waals surface area contributed by atoms with Crippen LogP contribution >= 0.6 is 0 Å². The fraction of sp³-hybridized carbons (Fsp3) is 0.273.